The molecule has 0 radical (unpaired) electrons. The van der Waals surface area contributed by atoms with Crippen molar-refractivity contribution in [3.8, 4) is 0 Å². The summed E-state index contributed by atoms with van der Waals surface area (Å²) in [6, 6.07) is 0. The van der Waals surface area contributed by atoms with Gasteiger partial charge in [0.25, 0.3) is 0 Å². The van der Waals surface area contributed by atoms with E-state index in [-0.39, 0.29) is 0 Å². The molecule has 0 aliphatic heterocycles. The first-order chi connectivity index (χ1) is 8.72. The zero-order valence-electron chi connectivity index (χ0n) is 13.0. The number of carbonyl (C=O) groups is 1. The maximum absolute atomic E-state index is 11.6. The van der Waals surface area contributed by atoms with E-state index in [0.29, 0.717) is 11.7 Å². The van der Waals surface area contributed by atoms with Crippen LogP contribution in [0.3, 0.4) is 0 Å². The van der Waals surface area contributed by atoms with Crippen molar-refractivity contribution in [2.45, 2.75) is 97.8 Å². The van der Waals surface area contributed by atoms with Crippen molar-refractivity contribution in [2.75, 3.05) is 0 Å². The Kier molecular flexibility index (Phi) is 12.9. The standard InChI is InChI=1S/C17H34O/c1-4-6-8-10-11-13-15-17(16(3)18)14-12-9-7-5-2/h17H,4-15H2,1-3H3. The third kappa shape index (κ3) is 10.8. The fourth-order valence-corrected chi connectivity index (χ4v) is 2.54. The number of carbonyl (C=O) groups excluding carboxylic acids is 1. The van der Waals surface area contributed by atoms with E-state index in [9.17, 15) is 4.79 Å². The van der Waals surface area contributed by atoms with Gasteiger partial charge >= 0.3 is 0 Å². The molecule has 0 rings (SSSR count). The van der Waals surface area contributed by atoms with Gasteiger partial charge in [-0.15, -0.1) is 0 Å². The zero-order valence-corrected chi connectivity index (χ0v) is 13.0. The van der Waals surface area contributed by atoms with Crippen LogP contribution in [-0.2, 0) is 4.79 Å². The molecule has 0 spiro atoms. The second-order valence-electron chi connectivity index (χ2n) is 5.71. The van der Waals surface area contributed by atoms with Gasteiger partial charge in [-0.05, 0) is 19.8 Å². The summed E-state index contributed by atoms with van der Waals surface area (Å²) in [4.78, 5) is 11.6. The average Bonchev–Trinajstić information content (AvgIpc) is 2.35. The Morgan fingerprint density at radius 3 is 1.56 bits per heavy atom. The molecule has 0 aromatic rings. The van der Waals surface area contributed by atoms with E-state index in [0.717, 1.165) is 12.8 Å². The maximum atomic E-state index is 11.6. The van der Waals surface area contributed by atoms with E-state index in [1.165, 1.54) is 64.2 Å². The Labute approximate surface area is 115 Å². The van der Waals surface area contributed by atoms with Gasteiger partial charge in [-0.2, -0.15) is 0 Å². The van der Waals surface area contributed by atoms with Crippen LogP contribution < -0.4 is 0 Å². The van der Waals surface area contributed by atoms with Crippen LogP contribution in [0, 0.1) is 5.92 Å². The van der Waals surface area contributed by atoms with Gasteiger partial charge in [-0.3, -0.25) is 4.79 Å². The van der Waals surface area contributed by atoms with Gasteiger partial charge in [0, 0.05) is 5.92 Å². The molecule has 0 saturated heterocycles. The minimum Gasteiger partial charge on any atom is -0.300 e. The molecule has 0 aliphatic rings. The number of ketones is 1. The highest BCUT2D eigenvalue weighted by atomic mass is 16.1. The third-order valence-corrected chi connectivity index (χ3v) is 3.89. The minimum atomic E-state index is 0.355. The quantitative estimate of drug-likeness (QED) is 0.373. The molecule has 108 valence electrons. The highest BCUT2D eigenvalue weighted by Crippen LogP contribution is 2.19. The second-order valence-corrected chi connectivity index (χ2v) is 5.71. The van der Waals surface area contributed by atoms with Gasteiger partial charge in [0.2, 0.25) is 0 Å². The summed E-state index contributed by atoms with van der Waals surface area (Å²) in [5.74, 6) is 0.771. The van der Waals surface area contributed by atoms with Crippen molar-refractivity contribution in [2.24, 2.45) is 5.92 Å². The minimum absolute atomic E-state index is 0.355. The fourth-order valence-electron chi connectivity index (χ4n) is 2.54. The van der Waals surface area contributed by atoms with E-state index in [4.69, 9.17) is 0 Å². The Morgan fingerprint density at radius 2 is 1.11 bits per heavy atom. The van der Waals surface area contributed by atoms with Gasteiger partial charge in [0.1, 0.15) is 5.78 Å². The molecule has 0 N–H and O–H groups in total. The number of unbranched alkanes of at least 4 members (excludes halogenated alkanes) is 8. The van der Waals surface area contributed by atoms with Crippen molar-refractivity contribution < 1.29 is 4.79 Å². The first-order valence-corrected chi connectivity index (χ1v) is 8.22. The van der Waals surface area contributed by atoms with Gasteiger partial charge in [0.15, 0.2) is 0 Å². The lowest BCUT2D eigenvalue weighted by Gasteiger charge is -2.13. The molecule has 0 heterocycles. The Morgan fingerprint density at radius 1 is 0.722 bits per heavy atom. The lowest BCUT2D eigenvalue weighted by Crippen LogP contribution is -2.10. The molecule has 1 heteroatoms. The lowest BCUT2D eigenvalue weighted by molar-refractivity contribution is -0.121. The molecular weight excluding hydrogens is 220 g/mol. The normalized spacial score (nSPS) is 12.6. The van der Waals surface area contributed by atoms with Crippen molar-refractivity contribution >= 4 is 5.78 Å². The predicted octanol–water partition coefficient (Wildman–Crippen LogP) is 5.91. The molecule has 1 unspecified atom stereocenters. The molecule has 0 amide bonds. The van der Waals surface area contributed by atoms with E-state index in [2.05, 4.69) is 13.8 Å². The van der Waals surface area contributed by atoms with Crippen LogP contribution in [0.5, 0.6) is 0 Å². The fraction of sp³-hybridized carbons (Fsp3) is 0.941. The van der Waals surface area contributed by atoms with Gasteiger partial charge < -0.3 is 0 Å². The molecule has 0 aromatic carbocycles. The molecule has 1 nitrogen and oxygen atoms in total. The molecule has 0 bridgehead atoms. The number of Topliss-reactive ketones (excluding diaryl/α,β-unsaturated/α-hetero) is 1. The number of rotatable bonds is 13. The number of hydrogen-bond acceptors (Lipinski definition) is 1. The first kappa shape index (κ1) is 17.7. The summed E-state index contributed by atoms with van der Waals surface area (Å²) in [5.41, 5.74) is 0. The van der Waals surface area contributed by atoms with Crippen molar-refractivity contribution in [1.82, 2.24) is 0 Å². The second kappa shape index (κ2) is 13.1. The molecule has 0 saturated carbocycles. The predicted molar refractivity (Wildman–Crippen MR) is 80.9 cm³/mol. The van der Waals surface area contributed by atoms with Crippen LogP contribution in [0.4, 0.5) is 0 Å². The highest BCUT2D eigenvalue weighted by molar-refractivity contribution is 5.78. The van der Waals surface area contributed by atoms with Crippen LogP contribution in [0.25, 0.3) is 0 Å². The Balaban J connectivity index is 3.54. The van der Waals surface area contributed by atoms with Crippen LogP contribution >= 0.6 is 0 Å². The smallest absolute Gasteiger partial charge is 0.132 e. The molecule has 1 atom stereocenters. The monoisotopic (exact) mass is 254 g/mol. The summed E-state index contributed by atoms with van der Waals surface area (Å²) in [6.45, 7) is 6.27. The maximum Gasteiger partial charge on any atom is 0.132 e. The van der Waals surface area contributed by atoms with Crippen molar-refractivity contribution in [1.29, 1.82) is 0 Å². The van der Waals surface area contributed by atoms with Crippen LogP contribution in [0.15, 0.2) is 0 Å². The molecule has 0 fully saturated rings. The Hall–Kier alpha value is -0.330. The summed E-state index contributed by atoms with van der Waals surface area (Å²) in [7, 11) is 0. The van der Waals surface area contributed by atoms with Crippen LogP contribution in [-0.4, -0.2) is 5.78 Å². The van der Waals surface area contributed by atoms with Crippen LogP contribution in [0.2, 0.25) is 0 Å². The summed E-state index contributed by atoms with van der Waals surface area (Å²) < 4.78 is 0. The topological polar surface area (TPSA) is 17.1 Å². The highest BCUT2D eigenvalue weighted by Gasteiger charge is 2.12. The summed E-state index contributed by atoms with van der Waals surface area (Å²) >= 11 is 0. The molecule has 0 aromatic heterocycles. The average molecular weight is 254 g/mol. The molecular formula is C17H34O. The SMILES string of the molecule is CCCCCCCCC(CCCCCC)C(C)=O. The first-order valence-electron chi connectivity index (χ1n) is 8.22. The van der Waals surface area contributed by atoms with Gasteiger partial charge in [0.05, 0.1) is 0 Å². The van der Waals surface area contributed by atoms with Crippen LogP contribution in [0.1, 0.15) is 97.8 Å². The van der Waals surface area contributed by atoms with E-state index < -0.39 is 0 Å². The lowest BCUT2D eigenvalue weighted by atomic mass is 9.91. The zero-order chi connectivity index (χ0) is 13.6. The van der Waals surface area contributed by atoms with E-state index in [1.54, 1.807) is 6.92 Å². The number of hydrogen-bond donors (Lipinski definition) is 0. The Bertz CT molecular complexity index is 186. The summed E-state index contributed by atoms with van der Waals surface area (Å²) in [6.07, 6.45) is 15.4. The van der Waals surface area contributed by atoms with Crippen molar-refractivity contribution in [3.05, 3.63) is 0 Å². The van der Waals surface area contributed by atoms with Crippen molar-refractivity contribution in [3.63, 3.8) is 0 Å². The third-order valence-electron chi connectivity index (χ3n) is 3.89. The van der Waals surface area contributed by atoms with Gasteiger partial charge in [-0.1, -0.05) is 78.1 Å². The largest absolute Gasteiger partial charge is 0.300 e. The molecule has 0 aliphatic carbocycles. The van der Waals surface area contributed by atoms with Gasteiger partial charge in [-0.25, -0.2) is 0 Å². The van der Waals surface area contributed by atoms with E-state index in [1.807, 2.05) is 0 Å². The summed E-state index contributed by atoms with van der Waals surface area (Å²) in [5, 5.41) is 0. The van der Waals surface area contributed by atoms with E-state index >= 15 is 0 Å². The molecule has 18 heavy (non-hydrogen) atoms.